The average molecular weight is 556 g/mol. The van der Waals surface area contributed by atoms with Crippen molar-refractivity contribution >= 4 is 47.2 Å². The minimum absolute atomic E-state index is 0.00980. The molecule has 4 rings (SSSR count). The first-order valence-corrected chi connectivity index (χ1v) is 14.4. The van der Waals surface area contributed by atoms with Crippen LogP contribution in [0.4, 0.5) is 0 Å². The Morgan fingerprint density at radius 1 is 1.03 bits per heavy atom. The fourth-order valence-corrected chi connectivity index (χ4v) is 7.78. The molecule has 2 aliphatic rings. The van der Waals surface area contributed by atoms with Gasteiger partial charge in [-0.1, -0.05) is 60.5 Å². The Bertz CT molecular complexity index is 1140. The average Bonchev–Trinajstić information content (AvgIpc) is 3.55. The molecule has 3 unspecified atom stereocenters. The van der Waals surface area contributed by atoms with Gasteiger partial charge in [-0.05, 0) is 44.0 Å². The van der Waals surface area contributed by atoms with Gasteiger partial charge in [0.2, 0.25) is 0 Å². The van der Waals surface area contributed by atoms with Gasteiger partial charge in [-0.3, -0.25) is 28.8 Å². The van der Waals surface area contributed by atoms with E-state index in [-0.39, 0.29) is 40.6 Å². The van der Waals surface area contributed by atoms with E-state index >= 15 is 0 Å². The summed E-state index contributed by atoms with van der Waals surface area (Å²) < 4.78 is 8.04. The van der Waals surface area contributed by atoms with Crippen molar-refractivity contribution in [2.24, 2.45) is 11.8 Å². The van der Waals surface area contributed by atoms with E-state index in [4.69, 9.17) is 4.74 Å². The fraction of sp³-hybridized carbons (Fsp3) is 0.429. The van der Waals surface area contributed by atoms with Gasteiger partial charge in [-0.15, -0.1) is 11.8 Å². The Morgan fingerprint density at radius 2 is 1.68 bits per heavy atom. The van der Waals surface area contributed by atoms with Crippen LogP contribution in [0.3, 0.4) is 0 Å². The molecule has 10 heteroatoms. The molecule has 1 saturated heterocycles. The molecule has 8 nitrogen and oxygen atoms in total. The molecule has 38 heavy (non-hydrogen) atoms. The van der Waals surface area contributed by atoms with Gasteiger partial charge in [0.25, 0.3) is 5.91 Å². The van der Waals surface area contributed by atoms with Crippen molar-refractivity contribution in [3.8, 4) is 0 Å². The van der Waals surface area contributed by atoms with E-state index in [1.807, 2.05) is 36.4 Å². The van der Waals surface area contributed by atoms with Gasteiger partial charge in [0.15, 0.2) is 11.6 Å². The van der Waals surface area contributed by atoms with Crippen molar-refractivity contribution in [2.45, 2.75) is 29.4 Å². The van der Waals surface area contributed by atoms with Crippen LogP contribution in [0.2, 0.25) is 0 Å². The lowest BCUT2D eigenvalue weighted by Crippen LogP contribution is -2.47. The van der Waals surface area contributed by atoms with E-state index in [1.165, 1.54) is 7.11 Å². The smallest absolute Gasteiger partial charge is 0.309 e. The number of hydrogen-bond donors (Lipinski definition) is 2. The Kier molecular flexibility index (Phi) is 9.64. The van der Waals surface area contributed by atoms with Gasteiger partial charge in [0.05, 0.1) is 42.1 Å². The Hall–Kier alpha value is -2.66. The van der Waals surface area contributed by atoms with Gasteiger partial charge in [0.1, 0.15) is 0 Å². The number of ketones is 2. The number of benzene rings is 2. The van der Waals surface area contributed by atoms with Crippen LogP contribution in [0.5, 0.6) is 0 Å². The van der Waals surface area contributed by atoms with Gasteiger partial charge in [-0.25, -0.2) is 0 Å². The molecular weight excluding hydrogens is 522 g/mol. The summed E-state index contributed by atoms with van der Waals surface area (Å²) in [6, 6.07) is 17.5. The van der Waals surface area contributed by atoms with E-state index in [9.17, 15) is 19.2 Å². The van der Waals surface area contributed by atoms with E-state index in [2.05, 4.69) is 10.0 Å². The molecule has 0 bridgehead atoms. The topological polar surface area (TPSA) is 105 Å². The van der Waals surface area contributed by atoms with Gasteiger partial charge < -0.3 is 10.1 Å². The molecule has 4 atom stereocenters. The second-order valence-corrected chi connectivity index (χ2v) is 12.7. The highest BCUT2D eigenvalue weighted by atomic mass is 32.2. The number of esters is 1. The zero-order valence-electron chi connectivity index (χ0n) is 21.6. The molecule has 1 aliphatic heterocycles. The van der Waals surface area contributed by atoms with Crippen LogP contribution in [-0.4, -0.2) is 71.6 Å². The molecule has 202 valence electrons. The van der Waals surface area contributed by atoms with E-state index in [1.54, 1.807) is 59.9 Å². The number of nitrogens with one attached hydrogen (secondary N) is 2. The summed E-state index contributed by atoms with van der Waals surface area (Å²) in [5.41, 5.74) is 1.40. The lowest BCUT2D eigenvalue weighted by Gasteiger charge is -2.23. The predicted molar refractivity (Wildman–Crippen MR) is 149 cm³/mol. The molecule has 1 aliphatic carbocycles. The Morgan fingerprint density at radius 3 is 2.32 bits per heavy atom. The lowest BCUT2D eigenvalue weighted by atomic mass is 9.91. The highest BCUT2D eigenvalue weighted by molar-refractivity contribution is 8.20. The number of carbonyl (C=O) groups is 4. The van der Waals surface area contributed by atoms with Crippen LogP contribution in [0, 0.1) is 11.8 Å². The minimum Gasteiger partial charge on any atom is -0.469 e. The molecule has 2 aromatic carbocycles. The molecular formula is C28H33N3O5S2. The molecule has 1 saturated carbocycles. The summed E-state index contributed by atoms with van der Waals surface area (Å²) in [5.74, 6) is -1.13. The van der Waals surface area contributed by atoms with Crippen molar-refractivity contribution in [1.82, 2.24) is 14.9 Å². The predicted octanol–water partition coefficient (Wildman–Crippen LogP) is 2.94. The third kappa shape index (κ3) is 7.05. The van der Waals surface area contributed by atoms with Crippen molar-refractivity contribution < 1.29 is 23.9 Å². The monoisotopic (exact) mass is 555 g/mol. The number of ether oxygens (including phenoxy) is 1. The fourth-order valence-electron chi connectivity index (χ4n) is 5.07. The van der Waals surface area contributed by atoms with Gasteiger partial charge >= 0.3 is 5.97 Å². The Balaban J connectivity index is 1.41. The number of likely N-dealkylation sites (N-methyl/N-ethyl adjacent to an activating group) is 1. The first kappa shape index (κ1) is 28.4. The second kappa shape index (κ2) is 12.9. The zero-order valence-corrected chi connectivity index (χ0v) is 23.2. The number of nitrogens with zero attached hydrogens (tertiary/aromatic N) is 1. The minimum atomic E-state index is -0.752. The first-order chi connectivity index (χ1) is 18.3. The van der Waals surface area contributed by atoms with Crippen molar-refractivity contribution in [2.75, 3.05) is 33.1 Å². The van der Waals surface area contributed by atoms with Crippen LogP contribution in [-0.2, 0) is 25.5 Å². The molecule has 1 spiro atoms. The highest BCUT2D eigenvalue weighted by Crippen LogP contribution is 2.56. The molecule has 2 aromatic rings. The highest BCUT2D eigenvalue weighted by Gasteiger charge is 2.53. The van der Waals surface area contributed by atoms with Crippen LogP contribution in [0.1, 0.15) is 28.8 Å². The number of carbonyl (C=O) groups excluding carboxylic acids is 4. The molecule has 1 amide bonds. The van der Waals surface area contributed by atoms with E-state index in [0.717, 1.165) is 11.4 Å². The number of Topliss-reactive ketones (excluding diaryl/α,β-unsaturated/α-hetero) is 2. The molecule has 1 heterocycles. The first-order valence-electron chi connectivity index (χ1n) is 12.6. The van der Waals surface area contributed by atoms with Gasteiger partial charge in [0, 0.05) is 11.5 Å². The number of thioether (sulfide) groups is 1. The van der Waals surface area contributed by atoms with Crippen LogP contribution < -0.4 is 10.0 Å². The van der Waals surface area contributed by atoms with E-state index < -0.39 is 17.9 Å². The summed E-state index contributed by atoms with van der Waals surface area (Å²) in [6.45, 7) is 0.0253. The third-order valence-corrected chi connectivity index (χ3v) is 9.91. The largest absolute Gasteiger partial charge is 0.469 e. The summed E-state index contributed by atoms with van der Waals surface area (Å²) >= 11 is 3.32. The van der Waals surface area contributed by atoms with Crippen molar-refractivity contribution in [3.05, 3.63) is 71.8 Å². The van der Waals surface area contributed by atoms with Crippen LogP contribution in [0.25, 0.3) is 0 Å². The van der Waals surface area contributed by atoms with Gasteiger partial charge in [-0.2, -0.15) is 0 Å². The Labute approximate surface area is 231 Å². The lowest BCUT2D eigenvalue weighted by molar-refractivity contribution is -0.149. The van der Waals surface area contributed by atoms with Crippen LogP contribution >= 0.6 is 23.7 Å². The molecule has 0 aromatic heterocycles. The maximum Gasteiger partial charge on any atom is 0.309 e. The number of methoxy groups -OCH3 is 1. The molecule has 2 N–H and O–H groups in total. The number of amides is 1. The van der Waals surface area contributed by atoms with Crippen LogP contribution in [0.15, 0.2) is 60.7 Å². The SMILES string of the molecule is COC(=O)C1C[C@@]2(CC1C(=O)CN(C)CC(=O)C(Cc1ccccc1)NC(=O)c1ccccc1)SCNS2. The summed E-state index contributed by atoms with van der Waals surface area (Å²) in [6.07, 6.45) is 1.50. The number of hydrogen-bond acceptors (Lipinski definition) is 9. The summed E-state index contributed by atoms with van der Waals surface area (Å²) in [4.78, 5) is 53.8. The maximum absolute atomic E-state index is 13.4. The standard InChI is InChI=1S/C28H33N3O5S2/c1-31(16-24(32)21-14-28(37-18-29-38-28)15-22(21)27(35)36-2)17-25(33)23(13-19-9-5-3-6-10-19)30-26(34)20-11-7-4-8-12-20/h3-12,21-23,29H,13-18H2,1-2H3,(H,30,34)/t21?,22?,23?,28-/m0/s1. The third-order valence-electron chi connectivity index (χ3n) is 6.98. The molecule has 0 radical (unpaired) electrons. The van der Waals surface area contributed by atoms with E-state index in [0.29, 0.717) is 24.8 Å². The normalized spacial score (nSPS) is 23.3. The molecule has 2 fully saturated rings. The number of rotatable bonds is 11. The van der Waals surface area contributed by atoms with Crippen molar-refractivity contribution in [3.63, 3.8) is 0 Å². The van der Waals surface area contributed by atoms with Crippen molar-refractivity contribution in [1.29, 1.82) is 0 Å². The zero-order chi connectivity index (χ0) is 27.1. The summed E-state index contributed by atoms with van der Waals surface area (Å²) in [7, 11) is 3.07. The quantitative estimate of drug-likeness (QED) is 0.320. The second-order valence-electron chi connectivity index (χ2n) is 9.78. The maximum atomic E-state index is 13.4. The summed E-state index contributed by atoms with van der Waals surface area (Å²) in [5, 5.41) is 2.88.